The van der Waals surface area contributed by atoms with Gasteiger partial charge < -0.3 is 4.74 Å². The van der Waals surface area contributed by atoms with E-state index in [0.29, 0.717) is 6.73 Å². The van der Waals surface area contributed by atoms with Crippen LogP contribution in [0.4, 0.5) is 0 Å². The van der Waals surface area contributed by atoms with Crippen LogP contribution in [0.1, 0.15) is 5.69 Å². The Bertz CT molecular complexity index is 360. The van der Waals surface area contributed by atoms with E-state index in [1.807, 2.05) is 0 Å². The van der Waals surface area contributed by atoms with Crippen LogP contribution >= 0.6 is 45.2 Å². The Morgan fingerprint density at radius 3 is 2.38 bits per heavy atom. The van der Waals surface area contributed by atoms with Gasteiger partial charge >= 0.3 is 0 Å². The summed E-state index contributed by atoms with van der Waals surface area (Å²) in [5, 5.41) is 0. The molecule has 0 saturated carbocycles. The molecule has 1 heterocycles. The van der Waals surface area contributed by atoms with Gasteiger partial charge in [-0.05, 0) is 35.6 Å². The SMILES string of the molecule is Cc1c(I)nc(I)n1COCC[Si](C)(C)C. The van der Waals surface area contributed by atoms with E-state index < -0.39 is 8.07 Å². The summed E-state index contributed by atoms with van der Waals surface area (Å²) in [7, 11) is -0.971. The summed E-state index contributed by atoms with van der Waals surface area (Å²) >= 11 is 4.51. The lowest BCUT2D eigenvalue weighted by Gasteiger charge is -2.16. The molecule has 0 bridgehead atoms. The second-order valence-corrected chi connectivity index (χ2v) is 12.6. The highest BCUT2D eigenvalue weighted by Gasteiger charge is 2.13. The Hall–Kier alpha value is 0.847. The van der Waals surface area contributed by atoms with Crippen LogP contribution in [-0.2, 0) is 11.5 Å². The van der Waals surface area contributed by atoms with Crippen molar-refractivity contribution >= 4 is 53.3 Å². The summed E-state index contributed by atoms with van der Waals surface area (Å²) in [6, 6.07) is 1.22. The van der Waals surface area contributed by atoms with Crippen molar-refractivity contribution in [2.75, 3.05) is 6.61 Å². The minimum absolute atomic E-state index is 0.630. The van der Waals surface area contributed by atoms with Gasteiger partial charge in [-0.15, -0.1) is 0 Å². The second kappa shape index (κ2) is 6.14. The first-order valence-electron chi connectivity index (χ1n) is 5.27. The van der Waals surface area contributed by atoms with Crippen molar-refractivity contribution in [2.24, 2.45) is 0 Å². The van der Waals surface area contributed by atoms with E-state index in [-0.39, 0.29) is 0 Å². The van der Waals surface area contributed by atoms with Gasteiger partial charge in [-0.2, -0.15) is 0 Å². The molecule has 16 heavy (non-hydrogen) atoms. The van der Waals surface area contributed by atoms with Gasteiger partial charge in [0.25, 0.3) is 0 Å². The molecule has 0 spiro atoms. The van der Waals surface area contributed by atoms with Gasteiger partial charge in [0.15, 0.2) is 3.83 Å². The van der Waals surface area contributed by atoms with Crippen molar-refractivity contribution in [3.63, 3.8) is 0 Å². The van der Waals surface area contributed by atoms with Crippen LogP contribution < -0.4 is 0 Å². The number of imidazole rings is 1. The average Bonchev–Trinajstić information content (AvgIpc) is 2.36. The van der Waals surface area contributed by atoms with Crippen molar-refractivity contribution < 1.29 is 4.74 Å². The third kappa shape index (κ3) is 4.61. The molecule has 0 radical (unpaired) electrons. The first kappa shape index (κ1) is 14.9. The molecule has 0 amide bonds. The highest BCUT2D eigenvalue weighted by Crippen LogP contribution is 2.15. The fourth-order valence-corrected chi connectivity index (χ4v) is 3.64. The number of ether oxygens (including phenoxy) is 1. The normalized spacial score (nSPS) is 12.1. The molecule has 0 aliphatic carbocycles. The lowest BCUT2D eigenvalue weighted by atomic mass is 10.5. The molecule has 1 aromatic rings. The van der Waals surface area contributed by atoms with E-state index in [1.54, 1.807) is 0 Å². The largest absolute Gasteiger partial charge is 0.361 e. The first-order valence-corrected chi connectivity index (χ1v) is 11.1. The third-order valence-electron chi connectivity index (χ3n) is 2.33. The standard InChI is InChI=1S/C10H18I2N2OSi/c1-8-9(11)13-10(12)14(8)7-15-5-6-16(2,3)4/h5-7H2,1-4H3. The van der Waals surface area contributed by atoms with Gasteiger partial charge in [-0.25, -0.2) is 4.98 Å². The van der Waals surface area contributed by atoms with Gasteiger partial charge in [0.05, 0.1) is 5.69 Å². The first-order chi connectivity index (χ1) is 7.31. The molecule has 0 aromatic carbocycles. The number of aromatic nitrogens is 2. The molecule has 0 unspecified atom stereocenters. The highest BCUT2D eigenvalue weighted by molar-refractivity contribution is 14.1. The molecule has 0 N–H and O–H groups in total. The maximum atomic E-state index is 5.72. The van der Waals surface area contributed by atoms with Crippen molar-refractivity contribution in [1.29, 1.82) is 0 Å². The van der Waals surface area contributed by atoms with Crippen molar-refractivity contribution in [2.45, 2.75) is 39.3 Å². The molecule has 0 saturated heterocycles. The highest BCUT2D eigenvalue weighted by atomic mass is 127. The van der Waals surface area contributed by atoms with Crippen LogP contribution in [0, 0.1) is 14.5 Å². The van der Waals surface area contributed by atoms with Crippen molar-refractivity contribution in [3.05, 3.63) is 13.2 Å². The van der Waals surface area contributed by atoms with Gasteiger partial charge in [0.1, 0.15) is 10.4 Å². The van der Waals surface area contributed by atoms with E-state index in [4.69, 9.17) is 4.74 Å². The summed E-state index contributed by atoms with van der Waals surface area (Å²) < 4.78 is 9.91. The fourth-order valence-electron chi connectivity index (χ4n) is 1.16. The van der Waals surface area contributed by atoms with E-state index in [1.165, 1.54) is 11.7 Å². The summed E-state index contributed by atoms with van der Waals surface area (Å²) in [6.07, 6.45) is 0. The fraction of sp³-hybridized carbons (Fsp3) is 0.700. The average molecular weight is 464 g/mol. The predicted octanol–water partition coefficient (Wildman–Crippen LogP) is 3.71. The van der Waals surface area contributed by atoms with Crippen LogP contribution in [-0.4, -0.2) is 24.2 Å². The minimum atomic E-state index is -0.971. The number of hydrogen-bond donors (Lipinski definition) is 0. The molecule has 92 valence electrons. The van der Waals surface area contributed by atoms with E-state index in [9.17, 15) is 0 Å². The quantitative estimate of drug-likeness (QED) is 0.378. The molecule has 0 atom stereocenters. The topological polar surface area (TPSA) is 27.1 Å². The zero-order chi connectivity index (χ0) is 12.3. The van der Waals surface area contributed by atoms with Crippen molar-refractivity contribution in [1.82, 2.24) is 9.55 Å². The zero-order valence-electron chi connectivity index (χ0n) is 10.2. The Morgan fingerprint density at radius 2 is 1.94 bits per heavy atom. The third-order valence-corrected chi connectivity index (χ3v) is 5.88. The summed E-state index contributed by atoms with van der Waals surface area (Å²) in [5.74, 6) is 0. The number of rotatable bonds is 5. The maximum absolute atomic E-state index is 5.72. The lowest BCUT2D eigenvalue weighted by molar-refractivity contribution is 0.0840. The van der Waals surface area contributed by atoms with Crippen LogP contribution in [0.2, 0.25) is 25.7 Å². The Balaban J connectivity index is 2.43. The number of nitrogens with zero attached hydrogens (tertiary/aromatic N) is 2. The Kier molecular flexibility index (Phi) is 5.72. The molecular formula is C10H18I2N2OSi. The van der Waals surface area contributed by atoms with Crippen molar-refractivity contribution in [3.8, 4) is 0 Å². The molecule has 3 nitrogen and oxygen atoms in total. The molecule has 0 fully saturated rings. The van der Waals surface area contributed by atoms with Gasteiger partial charge in [-0.1, -0.05) is 19.6 Å². The molecule has 1 rings (SSSR count). The second-order valence-electron chi connectivity index (χ2n) is 5.03. The van der Waals surface area contributed by atoms with E-state index >= 15 is 0 Å². The smallest absolute Gasteiger partial charge is 0.174 e. The Morgan fingerprint density at radius 1 is 1.31 bits per heavy atom. The zero-order valence-corrected chi connectivity index (χ0v) is 15.5. The number of hydrogen-bond acceptors (Lipinski definition) is 2. The van der Waals surface area contributed by atoms with Gasteiger partial charge in [-0.3, -0.25) is 4.57 Å². The monoisotopic (exact) mass is 464 g/mol. The van der Waals surface area contributed by atoms with Crippen LogP contribution in [0.5, 0.6) is 0 Å². The summed E-state index contributed by atoms with van der Waals surface area (Å²) in [5.41, 5.74) is 1.19. The van der Waals surface area contributed by atoms with Gasteiger partial charge in [0, 0.05) is 37.3 Å². The van der Waals surface area contributed by atoms with Gasteiger partial charge in [0.2, 0.25) is 0 Å². The summed E-state index contributed by atoms with van der Waals surface area (Å²) in [4.78, 5) is 4.40. The summed E-state index contributed by atoms with van der Waals surface area (Å²) in [6.45, 7) is 10.7. The van der Waals surface area contributed by atoms with E-state index in [0.717, 1.165) is 14.1 Å². The molecule has 6 heteroatoms. The molecule has 0 aliphatic heterocycles. The number of halogens is 2. The minimum Gasteiger partial charge on any atom is -0.361 e. The molecule has 1 aromatic heterocycles. The lowest BCUT2D eigenvalue weighted by Crippen LogP contribution is -2.22. The van der Waals surface area contributed by atoms with E-state index in [2.05, 4.69) is 81.3 Å². The van der Waals surface area contributed by atoms with Crippen LogP contribution in [0.3, 0.4) is 0 Å². The maximum Gasteiger partial charge on any atom is 0.174 e. The molecule has 0 aliphatic rings. The predicted molar refractivity (Wildman–Crippen MR) is 86.5 cm³/mol. The van der Waals surface area contributed by atoms with Crippen LogP contribution in [0.15, 0.2) is 0 Å². The molecular weight excluding hydrogens is 446 g/mol. The van der Waals surface area contributed by atoms with Crippen LogP contribution in [0.25, 0.3) is 0 Å². The Labute approximate surface area is 126 Å².